The number of hydrogen-bond acceptors (Lipinski definition) is 6. The fourth-order valence-electron chi connectivity index (χ4n) is 3.06. The number of fused-ring (bicyclic) bond motifs is 1. The van der Waals surface area contributed by atoms with E-state index in [0.29, 0.717) is 28.6 Å². The fourth-order valence-corrected chi connectivity index (χ4v) is 3.06. The minimum atomic E-state index is 0.424. The van der Waals surface area contributed by atoms with E-state index in [4.69, 9.17) is 4.42 Å². The van der Waals surface area contributed by atoms with E-state index < -0.39 is 0 Å². The summed E-state index contributed by atoms with van der Waals surface area (Å²) in [4.78, 5) is 4.57. The average Bonchev–Trinajstić information content (AvgIpc) is 3.27. The number of furan rings is 1. The van der Waals surface area contributed by atoms with E-state index in [1.165, 1.54) is 12.8 Å². The van der Waals surface area contributed by atoms with Crippen LogP contribution in [0.15, 0.2) is 35.1 Å². The molecule has 0 unspecified atom stereocenters. The van der Waals surface area contributed by atoms with Crippen LogP contribution in [0, 0.1) is 17.2 Å². The van der Waals surface area contributed by atoms with Gasteiger partial charge in [-0.3, -0.25) is 0 Å². The molecule has 1 aliphatic heterocycles. The number of nitrogens with zero attached hydrogens (tertiary/aromatic N) is 4. The summed E-state index contributed by atoms with van der Waals surface area (Å²) in [5, 5.41) is 20.7. The molecule has 2 N–H and O–H groups in total. The lowest BCUT2D eigenvalue weighted by molar-refractivity contribution is 0.392. The summed E-state index contributed by atoms with van der Waals surface area (Å²) >= 11 is 0. The first-order valence-electron chi connectivity index (χ1n) is 8.13. The van der Waals surface area contributed by atoms with Gasteiger partial charge in [0, 0.05) is 12.7 Å². The van der Waals surface area contributed by atoms with Gasteiger partial charge in [0.05, 0.1) is 6.26 Å². The van der Waals surface area contributed by atoms with Gasteiger partial charge in [0.1, 0.15) is 23.1 Å². The Kier molecular flexibility index (Phi) is 3.89. The molecule has 4 heterocycles. The molecule has 3 aromatic rings. The van der Waals surface area contributed by atoms with Crippen molar-refractivity contribution in [3.8, 4) is 17.5 Å². The summed E-state index contributed by atoms with van der Waals surface area (Å²) in [6.45, 7) is 3.02. The van der Waals surface area contributed by atoms with Crippen LogP contribution in [0.25, 0.3) is 17.1 Å². The fraction of sp³-hybridized carbons (Fsp3) is 0.353. The molecular weight excluding hydrogens is 304 g/mol. The Morgan fingerprint density at radius 3 is 3.17 bits per heavy atom. The van der Waals surface area contributed by atoms with Crippen molar-refractivity contribution >= 4 is 11.5 Å². The number of nitrogens with one attached hydrogen (secondary N) is 2. The van der Waals surface area contributed by atoms with E-state index in [1.54, 1.807) is 22.9 Å². The molecule has 1 fully saturated rings. The standard InChI is InChI=1S/C17H18N6O/c18-9-13-16(14-4-2-8-24-14)22-23-7-5-15(21-17(13)23)20-11-12-3-1-6-19-10-12/h2,4-5,7-8,12,19H,1,3,6,10-11H2,(H,20,21)/t12-/m0/s1. The van der Waals surface area contributed by atoms with Crippen LogP contribution in [-0.4, -0.2) is 34.2 Å². The molecule has 24 heavy (non-hydrogen) atoms. The monoisotopic (exact) mass is 322 g/mol. The van der Waals surface area contributed by atoms with Crippen molar-refractivity contribution in [1.82, 2.24) is 19.9 Å². The molecule has 3 aromatic heterocycles. The Hall–Kier alpha value is -2.85. The van der Waals surface area contributed by atoms with Crippen LogP contribution in [-0.2, 0) is 0 Å². The van der Waals surface area contributed by atoms with Gasteiger partial charge < -0.3 is 15.1 Å². The van der Waals surface area contributed by atoms with Gasteiger partial charge >= 0.3 is 0 Å². The Bertz CT molecular complexity index is 871. The molecule has 0 bridgehead atoms. The maximum Gasteiger partial charge on any atom is 0.175 e. The summed E-state index contributed by atoms with van der Waals surface area (Å²) in [6, 6.07) is 7.64. The van der Waals surface area contributed by atoms with Crippen molar-refractivity contribution in [3.63, 3.8) is 0 Å². The van der Waals surface area contributed by atoms with E-state index in [0.717, 1.165) is 25.5 Å². The number of rotatable bonds is 4. The second-order valence-electron chi connectivity index (χ2n) is 5.99. The third kappa shape index (κ3) is 2.72. The van der Waals surface area contributed by atoms with Crippen LogP contribution in [0.2, 0.25) is 0 Å². The van der Waals surface area contributed by atoms with Gasteiger partial charge in [-0.2, -0.15) is 10.4 Å². The quantitative estimate of drug-likeness (QED) is 0.765. The van der Waals surface area contributed by atoms with E-state index >= 15 is 0 Å². The Balaban J connectivity index is 1.61. The van der Waals surface area contributed by atoms with Crippen LogP contribution in [0.1, 0.15) is 18.4 Å². The van der Waals surface area contributed by atoms with E-state index in [2.05, 4.69) is 26.8 Å². The van der Waals surface area contributed by atoms with E-state index in [9.17, 15) is 5.26 Å². The van der Waals surface area contributed by atoms with Gasteiger partial charge in [0.2, 0.25) is 0 Å². The van der Waals surface area contributed by atoms with Gasteiger partial charge in [0.25, 0.3) is 0 Å². The number of anilines is 1. The lowest BCUT2D eigenvalue weighted by atomic mass is 10.00. The predicted octanol–water partition coefficient (Wildman–Crippen LogP) is 2.27. The summed E-state index contributed by atoms with van der Waals surface area (Å²) in [6.07, 6.45) is 5.82. The molecule has 0 amide bonds. The van der Waals surface area contributed by atoms with Crippen LogP contribution in [0.3, 0.4) is 0 Å². The Morgan fingerprint density at radius 2 is 2.42 bits per heavy atom. The topological polar surface area (TPSA) is 91.2 Å². The van der Waals surface area contributed by atoms with Crippen molar-refractivity contribution in [1.29, 1.82) is 5.26 Å². The molecule has 0 saturated carbocycles. The maximum absolute atomic E-state index is 9.52. The minimum absolute atomic E-state index is 0.424. The zero-order valence-electron chi connectivity index (χ0n) is 13.2. The molecule has 4 rings (SSSR count). The molecule has 0 aromatic carbocycles. The predicted molar refractivity (Wildman–Crippen MR) is 89.5 cm³/mol. The molecule has 1 atom stereocenters. The Morgan fingerprint density at radius 1 is 1.46 bits per heavy atom. The van der Waals surface area contributed by atoms with E-state index in [-0.39, 0.29) is 0 Å². The molecule has 122 valence electrons. The highest BCUT2D eigenvalue weighted by atomic mass is 16.3. The summed E-state index contributed by atoms with van der Waals surface area (Å²) < 4.78 is 6.99. The van der Waals surface area contributed by atoms with Crippen molar-refractivity contribution in [2.45, 2.75) is 12.8 Å². The lowest BCUT2D eigenvalue weighted by Gasteiger charge is -2.23. The maximum atomic E-state index is 9.52. The smallest absolute Gasteiger partial charge is 0.175 e. The van der Waals surface area contributed by atoms with Crippen molar-refractivity contribution in [2.24, 2.45) is 5.92 Å². The van der Waals surface area contributed by atoms with Gasteiger partial charge in [-0.15, -0.1) is 0 Å². The summed E-state index contributed by atoms with van der Waals surface area (Å²) in [5.41, 5.74) is 1.48. The normalized spacial score (nSPS) is 17.7. The molecule has 7 nitrogen and oxygen atoms in total. The summed E-state index contributed by atoms with van der Waals surface area (Å²) in [7, 11) is 0. The second kappa shape index (κ2) is 6.34. The zero-order valence-corrected chi connectivity index (χ0v) is 13.2. The first kappa shape index (κ1) is 14.7. The minimum Gasteiger partial charge on any atom is -0.463 e. The van der Waals surface area contributed by atoms with Crippen molar-refractivity contribution in [3.05, 3.63) is 36.2 Å². The van der Waals surface area contributed by atoms with Crippen LogP contribution < -0.4 is 10.6 Å². The Labute approximate surface area is 139 Å². The zero-order chi connectivity index (χ0) is 16.4. The largest absolute Gasteiger partial charge is 0.463 e. The second-order valence-corrected chi connectivity index (χ2v) is 5.99. The van der Waals surface area contributed by atoms with Crippen LogP contribution >= 0.6 is 0 Å². The molecular formula is C17H18N6O. The highest BCUT2D eigenvalue weighted by Gasteiger charge is 2.18. The average molecular weight is 322 g/mol. The molecule has 7 heteroatoms. The number of aromatic nitrogens is 3. The highest BCUT2D eigenvalue weighted by Crippen LogP contribution is 2.25. The molecule has 0 spiro atoms. The van der Waals surface area contributed by atoms with Crippen molar-refractivity contribution in [2.75, 3.05) is 25.0 Å². The van der Waals surface area contributed by atoms with E-state index in [1.807, 2.05) is 12.3 Å². The third-order valence-corrected chi connectivity index (χ3v) is 4.32. The van der Waals surface area contributed by atoms with Gasteiger partial charge in [-0.05, 0) is 50.0 Å². The van der Waals surface area contributed by atoms with Gasteiger partial charge in [-0.1, -0.05) is 0 Å². The van der Waals surface area contributed by atoms with Gasteiger partial charge in [-0.25, -0.2) is 9.50 Å². The first-order valence-corrected chi connectivity index (χ1v) is 8.13. The molecule has 0 radical (unpaired) electrons. The van der Waals surface area contributed by atoms with Crippen molar-refractivity contribution < 1.29 is 4.42 Å². The number of nitriles is 1. The van der Waals surface area contributed by atoms with Gasteiger partial charge in [0.15, 0.2) is 11.4 Å². The third-order valence-electron chi connectivity index (χ3n) is 4.32. The lowest BCUT2D eigenvalue weighted by Crippen LogP contribution is -2.33. The number of hydrogen-bond donors (Lipinski definition) is 2. The molecule has 1 saturated heterocycles. The molecule has 0 aliphatic carbocycles. The summed E-state index contributed by atoms with van der Waals surface area (Å²) in [5.74, 6) is 1.94. The highest BCUT2D eigenvalue weighted by molar-refractivity contribution is 5.72. The van der Waals surface area contributed by atoms with Crippen LogP contribution in [0.4, 0.5) is 5.82 Å². The SMILES string of the molecule is N#Cc1c(-c2ccco2)nn2ccc(NC[C@H]3CCCNC3)nc12. The number of piperidine rings is 1. The first-order chi connectivity index (χ1) is 11.8. The van der Waals surface area contributed by atoms with Crippen LogP contribution in [0.5, 0.6) is 0 Å². The molecule has 1 aliphatic rings.